The molecule has 2 aliphatic rings. The van der Waals surface area contributed by atoms with E-state index in [0.29, 0.717) is 0 Å². The molecule has 0 saturated carbocycles. The van der Waals surface area contributed by atoms with Crippen LogP contribution < -0.4 is 4.13 Å². The molecule has 5 heteroatoms. The number of hydrogen-bond acceptors (Lipinski definition) is 3. The van der Waals surface area contributed by atoms with Crippen LogP contribution >= 0.6 is 23.6 Å². The first kappa shape index (κ1) is 9.10. The van der Waals surface area contributed by atoms with Gasteiger partial charge in [0.05, 0.1) is 0 Å². The van der Waals surface area contributed by atoms with Crippen molar-refractivity contribution in [2.45, 2.75) is 32.4 Å². The molecule has 12 heavy (non-hydrogen) atoms. The Bertz CT molecular complexity index is 198. The maximum atomic E-state index is 3.34. The standard InChI is InChI=1S/C7H13B2NS2/c1-7-3-2-5-8-9(6-4-7)12-10-11-8/h3,10H,2,4-6H2,1H3/b7-3+. The van der Waals surface area contributed by atoms with Crippen molar-refractivity contribution in [3.05, 3.63) is 11.6 Å². The van der Waals surface area contributed by atoms with Gasteiger partial charge in [0.15, 0.2) is 0 Å². The van der Waals surface area contributed by atoms with Crippen molar-refractivity contribution in [1.82, 2.24) is 4.13 Å². The van der Waals surface area contributed by atoms with Gasteiger partial charge in [-0.15, -0.1) is 23.6 Å². The number of rotatable bonds is 0. The quantitative estimate of drug-likeness (QED) is 0.364. The molecule has 1 nitrogen and oxygen atoms in total. The molecule has 0 aromatic heterocycles. The molecule has 1 saturated heterocycles. The second kappa shape index (κ2) is 4.16. The molecule has 1 N–H and O–H groups in total. The summed E-state index contributed by atoms with van der Waals surface area (Å²) in [5.41, 5.74) is 1.59. The summed E-state index contributed by atoms with van der Waals surface area (Å²) in [6, 6.07) is 0. The maximum Gasteiger partial charge on any atom is 0.214 e. The Morgan fingerprint density at radius 3 is 2.92 bits per heavy atom. The first-order chi connectivity index (χ1) is 5.86. The van der Waals surface area contributed by atoms with Gasteiger partial charge in [-0.3, -0.25) is 0 Å². The van der Waals surface area contributed by atoms with Gasteiger partial charge in [0.2, 0.25) is 11.8 Å². The van der Waals surface area contributed by atoms with Crippen LogP contribution in [-0.4, -0.2) is 11.8 Å². The Hall–Kier alpha value is 0.530. The van der Waals surface area contributed by atoms with Crippen molar-refractivity contribution in [3.63, 3.8) is 0 Å². The van der Waals surface area contributed by atoms with Crippen LogP contribution in [0.3, 0.4) is 0 Å². The lowest BCUT2D eigenvalue weighted by Crippen LogP contribution is -2.25. The molecule has 2 aliphatic heterocycles. The van der Waals surface area contributed by atoms with E-state index in [4.69, 9.17) is 0 Å². The highest BCUT2D eigenvalue weighted by molar-refractivity contribution is 8.53. The van der Waals surface area contributed by atoms with Gasteiger partial charge in [0.25, 0.3) is 0 Å². The lowest BCUT2D eigenvalue weighted by atomic mass is 9.32. The molecule has 2 rings (SSSR count). The van der Waals surface area contributed by atoms with Crippen LogP contribution in [0.2, 0.25) is 12.6 Å². The second-order valence-corrected chi connectivity index (χ2v) is 5.91. The van der Waals surface area contributed by atoms with E-state index in [1.54, 1.807) is 5.57 Å². The van der Waals surface area contributed by atoms with E-state index in [1.807, 2.05) is 23.6 Å². The summed E-state index contributed by atoms with van der Waals surface area (Å²) in [6.07, 6.45) is 7.71. The van der Waals surface area contributed by atoms with Crippen molar-refractivity contribution in [2.75, 3.05) is 0 Å². The Balaban J connectivity index is 1.99. The second-order valence-electron chi connectivity index (χ2n) is 3.56. The first-order valence-electron chi connectivity index (χ1n) is 4.58. The van der Waals surface area contributed by atoms with E-state index in [9.17, 15) is 0 Å². The average molecular weight is 197 g/mol. The third kappa shape index (κ3) is 2.06. The van der Waals surface area contributed by atoms with Crippen LogP contribution in [0.5, 0.6) is 0 Å². The average Bonchev–Trinajstić information content (AvgIpc) is 2.45. The van der Waals surface area contributed by atoms with E-state index in [1.165, 1.54) is 25.5 Å². The van der Waals surface area contributed by atoms with Crippen LogP contribution in [0.25, 0.3) is 0 Å². The fourth-order valence-electron chi connectivity index (χ4n) is 1.76. The van der Waals surface area contributed by atoms with Crippen molar-refractivity contribution >= 4 is 35.4 Å². The largest absolute Gasteiger partial charge is 0.230 e. The van der Waals surface area contributed by atoms with Crippen molar-refractivity contribution in [3.8, 4) is 0 Å². The summed E-state index contributed by atoms with van der Waals surface area (Å²) in [7, 11) is 0. The Morgan fingerprint density at radius 1 is 1.33 bits per heavy atom. The summed E-state index contributed by atoms with van der Waals surface area (Å²) in [6.45, 7) is 2.26. The number of fused-ring (bicyclic) bond motifs is 1. The number of allylic oxidation sites excluding steroid dienone is 2. The van der Waals surface area contributed by atoms with E-state index < -0.39 is 0 Å². The predicted molar refractivity (Wildman–Crippen MR) is 62.4 cm³/mol. The summed E-state index contributed by atoms with van der Waals surface area (Å²) in [4.78, 5) is 0. The summed E-state index contributed by atoms with van der Waals surface area (Å²) in [5.74, 6) is 1.72. The number of nitrogens with one attached hydrogen (secondary N) is 1. The highest BCUT2D eigenvalue weighted by atomic mass is 32.2. The van der Waals surface area contributed by atoms with Crippen molar-refractivity contribution < 1.29 is 0 Å². The van der Waals surface area contributed by atoms with Gasteiger partial charge < -0.3 is 0 Å². The molecule has 2 heterocycles. The minimum Gasteiger partial charge on any atom is -0.230 e. The molecular formula is C7H13B2NS2. The van der Waals surface area contributed by atoms with Crippen molar-refractivity contribution in [2.24, 2.45) is 0 Å². The summed E-state index contributed by atoms with van der Waals surface area (Å²) >= 11 is 3.87. The normalized spacial score (nSPS) is 28.9. The highest BCUT2D eigenvalue weighted by Gasteiger charge is 2.35. The molecule has 0 spiro atoms. The van der Waals surface area contributed by atoms with Gasteiger partial charge in [0.1, 0.15) is 0 Å². The molecule has 0 bridgehead atoms. The van der Waals surface area contributed by atoms with E-state index >= 15 is 0 Å². The minimum atomic E-state index is 0.860. The number of hydrogen-bond donors (Lipinski definition) is 1. The van der Waals surface area contributed by atoms with Gasteiger partial charge >= 0.3 is 0 Å². The molecular weight excluding hydrogens is 184 g/mol. The molecule has 64 valence electrons. The molecule has 0 amide bonds. The maximum absolute atomic E-state index is 3.34. The first-order valence-corrected chi connectivity index (χ1v) is 6.34. The smallest absolute Gasteiger partial charge is 0.214 e. The lowest BCUT2D eigenvalue weighted by Gasteiger charge is -2.13. The van der Waals surface area contributed by atoms with Gasteiger partial charge in [-0.1, -0.05) is 24.3 Å². The SMILES string of the molecule is C/C1=C\CCB2SNSB2CC1. The van der Waals surface area contributed by atoms with Gasteiger partial charge in [-0.2, -0.15) is 0 Å². The molecule has 0 aromatic rings. The van der Waals surface area contributed by atoms with Crippen LogP contribution in [0.4, 0.5) is 0 Å². The van der Waals surface area contributed by atoms with E-state index in [2.05, 4.69) is 17.1 Å². The molecule has 0 radical (unpaired) electrons. The molecule has 0 aliphatic carbocycles. The van der Waals surface area contributed by atoms with Crippen LogP contribution in [0, 0.1) is 0 Å². The third-order valence-electron chi connectivity index (χ3n) is 2.58. The topological polar surface area (TPSA) is 12.0 Å². The molecule has 0 aromatic carbocycles. The van der Waals surface area contributed by atoms with Crippen LogP contribution in [0.1, 0.15) is 19.8 Å². The fourth-order valence-corrected chi connectivity index (χ4v) is 4.37. The van der Waals surface area contributed by atoms with E-state index in [-0.39, 0.29) is 0 Å². The highest BCUT2D eigenvalue weighted by Crippen LogP contribution is 2.33. The zero-order chi connectivity index (χ0) is 8.39. The lowest BCUT2D eigenvalue weighted by molar-refractivity contribution is 1.04. The predicted octanol–water partition coefficient (Wildman–Crippen LogP) is 2.69. The zero-order valence-electron chi connectivity index (χ0n) is 7.38. The van der Waals surface area contributed by atoms with E-state index in [0.717, 1.165) is 11.8 Å². The van der Waals surface area contributed by atoms with Crippen LogP contribution in [0.15, 0.2) is 11.6 Å². The van der Waals surface area contributed by atoms with Gasteiger partial charge in [0, 0.05) is 0 Å². The minimum absolute atomic E-state index is 0.860. The summed E-state index contributed by atoms with van der Waals surface area (Å²) in [5, 5.41) is 0. The monoisotopic (exact) mass is 197 g/mol. The Morgan fingerprint density at radius 2 is 2.08 bits per heavy atom. The molecule has 1 fully saturated rings. The zero-order valence-corrected chi connectivity index (χ0v) is 9.01. The summed E-state index contributed by atoms with van der Waals surface area (Å²) < 4.78 is 3.34. The third-order valence-corrected chi connectivity index (χ3v) is 5.26. The Labute approximate surface area is 83.7 Å². The van der Waals surface area contributed by atoms with Gasteiger partial charge in [-0.05, 0) is 19.8 Å². The van der Waals surface area contributed by atoms with Gasteiger partial charge in [-0.25, -0.2) is 4.13 Å². The molecule has 0 unspecified atom stereocenters. The van der Waals surface area contributed by atoms with Crippen molar-refractivity contribution in [1.29, 1.82) is 0 Å². The molecule has 0 atom stereocenters. The van der Waals surface area contributed by atoms with Crippen LogP contribution in [-0.2, 0) is 0 Å². The Kier molecular flexibility index (Phi) is 3.15. The fraction of sp³-hybridized carbons (Fsp3) is 0.714.